The summed E-state index contributed by atoms with van der Waals surface area (Å²) in [5.74, 6) is -1.43. The lowest BCUT2D eigenvalue weighted by Gasteiger charge is -1.88. The Morgan fingerprint density at radius 1 is 1.16 bits per heavy atom. The van der Waals surface area contributed by atoms with Crippen molar-refractivity contribution in [1.82, 2.24) is 5.32 Å². The molecule has 1 aliphatic rings. The van der Waals surface area contributed by atoms with Crippen molar-refractivity contribution >= 4 is 17.8 Å². The molecule has 6 heteroatoms. The third-order valence-corrected chi connectivity index (χ3v) is 1.87. The normalized spacial score (nSPS) is 11.3. The van der Waals surface area contributed by atoms with Crippen LogP contribution < -0.4 is 5.32 Å². The highest BCUT2D eigenvalue weighted by Gasteiger charge is 2.25. The highest BCUT2D eigenvalue weighted by molar-refractivity contribution is 6.21. The zero-order chi connectivity index (χ0) is 14.8. The van der Waals surface area contributed by atoms with E-state index in [0.717, 1.165) is 13.3 Å². The van der Waals surface area contributed by atoms with Crippen molar-refractivity contribution in [2.45, 2.75) is 20.3 Å². The molecule has 2 amide bonds. The van der Waals surface area contributed by atoms with Crippen LogP contribution in [0.15, 0.2) is 24.3 Å². The second kappa shape index (κ2) is 8.82. The number of carbonyl (C=O) groups is 3. The Labute approximate surface area is 111 Å². The number of aliphatic carboxylic acids is 1. The van der Waals surface area contributed by atoms with Gasteiger partial charge in [0.05, 0.1) is 11.1 Å². The van der Waals surface area contributed by atoms with Crippen molar-refractivity contribution in [3.8, 4) is 0 Å². The van der Waals surface area contributed by atoms with Crippen LogP contribution >= 0.6 is 0 Å². The first-order valence-electron chi connectivity index (χ1n) is 5.69. The molecule has 3 N–H and O–H groups in total. The minimum Gasteiger partial charge on any atom is -0.481 e. The number of fused-ring (bicyclic) bond motifs is 1. The molecule has 0 aromatic heterocycles. The van der Waals surface area contributed by atoms with E-state index in [1.165, 1.54) is 0 Å². The molecule has 0 radical (unpaired) electrons. The third kappa shape index (κ3) is 6.32. The Bertz CT molecular complexity index is 417. The van der Waals surface area contributed by atoms with Crippen molar-refractivity contribution in [2.75, 3.05) is 6.61 Å². The molecule has 0 fully saturated rings. The van der Waals surface area contributed by atoms with Crippen molar-refractivity contribution in [3.63, 3.8) is 0 Å². The summed E-state index contributed by atoms with van der Waals surface area (Å²) in [6.45, 7) is 3.33. The number of nitrogens with one attached hydrogen (secondary N) is 1. The standard InChI is InChI=1S/C8H5NO2.C3H8O.C2H4O2/c10-7-5-3-1-2-4-6(5)8(11)9-7;1-2-3-4;1-2(3)4/h1-4H,(H,9,10,11);4H,2-3H2,1H3;1H3,(H,3,4). The van der Waals surface area contributed by atoms with Crippen LogP contribution in [-0.4, -0.2) is 34.6 Å². The molecule has 6 nitrogen and oxygen atoms in total. The molecule has 1 aromatic carbocycles. The van der Waals surface area contributed by atoms with E-state index in [1.54, 1.807) is 24.3 Å². The average molecular weight is 267 g/mol. The van der Waals surface area contributed by atoms with Crippen LogP contribution in [0.25, 0.3) is 0 Å². The molecule has 0 bridgehead atoms. The topological polar surface area (TPSA) is 104 Å². The molecule has 0 saturated heterocycles. The molecule has 0 aliphatic carbocycles. The number of imide groups is 1. The zero-order valence-corrected chi connectivity index (χ0v) is 10.8. The van der Waals surface area contributed by atoms with E-state index in [1.807, 2.05) is 6.92 Å². The van der Waals surface area contributed by atoms with Crippen molar-refractivity contribution in [3.05, 3.63) is 35.4 Å². The predicted octanol–water partition coefficient (Wildman–Crippen LogP) is 1.05. The highest BCUT2D eigenvalue weighted by Crippen LogP contribution is 2.13. The fraction of sp³-hybridized carbons (Fsp3) is 0.308. The summed E-state index contributed by atoms with van der Waals surface area (Å²) < 4.78 is 0. The summed E-state index contributed by atoms with van der Waals surface area (Å²) in [4.78, 5) is 30.9. The van der Waals surface area contributed by atoms with Crippen LogP contribution in [0.2, 0.25) is 0 Å². The maximum atomic E-state index is 10.9. The minimum absolute atomic E-state index is 0.300. The van der Waals surface area contributed by atoms with Gasteiger partial charge in [0.2, 0.25) is 0 Å². The zero-order valence-electron chi connectivity index (χ0n) is 10.8. The van der Waals surface area contributed by atoms with Gasteiger partial charge in [0.25, 0.3) is 17.8 Å². The van der Waals surface area contributed by atoms with Crippen LogP contribution in [0.4, 0.5) is 0 Å². The number of aliphatic hydroxyl groups excluding tert-OH is 1. The maximum Gasteiger partial charge on any atom is 0.300 e. The SMILES string of the molecule is CC(=O)O.CCCO.O=C1NC(=O)c2ccccc21. The number of aliphatic hydroxyl groups is 1. The number of benzene rings is 1. The number of hydrogen-bond acceptors (Lipinski definition) is 4. The predicted molar refractivity (Wildman–Crippen MR) is 68.9 cm³/mol. The Kier molecular flexibility index (Phi) is 7.79. The smallest absolute Gasteiger partial charge is 0.300 e. The van der Waals surface area contributed by atoms with Crippen LogP contribution in [-0.2, 0) is 4.79 Å². The van der Waals surface area contributed by atoms with Crippen LogP contribution in [0.1, 0.15) is 41.0 Å². The average Bonchev–Trinajstić information content (AvgIpc) is 2.66. The molecular formula is C13H17NO5. The summed E-state index contributed by atoms with van der Waals surface area (Å²) in [6.07, 6.45) is 0.875. The van der Waals surface area contributed by atoms with Gasteiger partial charge in [-0.2, -0.15) is 0 Å². The van der Waals surface area contributed by atoms with E-state index in [9.17, 15) is 9.59 Å². The molecule has 19 heavy (non-hydrogen) atoms. The lowest BCUT2D eigenvalue weighted by molar-refractivity contribution is -0.134. The van der Waals surface area contributed by atoms with E-state index in [-0.39, 0.29) is 11.8 Å². The molecule has 1 aliphatic heterocycles. The first kappa shape index (κ1) is 16.8. The summed E-state index contributed by atoms with van der Waals surface area (Å²) in [5.41, 5.74) is 0.940. The Morgan fingerprint density at radius 3 is 1.74 bits per heavy atom. The van der Waals surface area contributed by atoms with E-state index >= 15 is 0 Å². The Morgan fingerprint density at radius 2 is 1.47 bits per heavy atom. The van der Waals surface area contributed by atoms with Gasteiger partial charge in [-0.15, -0.1) is 0 Å². The first-order chi connectivity index (χ1) is 8.93. The second-order valence-corrected chi connectivity index (χ2v) is 3.57. The highest BCUT2D eigenvalue weighted by atomic mass is 16.4. The van der Waals surface area contributed by atoms with Gasteiger partial charge in [0.15, 0.2) is 0 Å². The number of carbonyl (C=O) groups excluding carboxylic acids is 2. The first-order valence-corrected chi connectivity index (χ1v) is 5.69. The summed E-state index contributed by atoms with van der Waals surface area (Å²) in [6, 6.07) is 6.74. The molecular weight excluding hydrogens is 250 g/mol. The fourth-order valence-electron chi connectivity index (χ4n) is 1.12. The van der Waals surface area contributed by atoms with Crippen molar-refractivity contribution < 1.29 is 24.6 Å². The number of amides is 2. The monoisotopic (exact) mass is 267 g/mol. The molecule has 0 unspecified atom stereocenters. The lowest BCUT2D eigenvalue weighted by Crippen LogP contribution is -2.19. The molecule has 0 saturated carbocycles. The summed E-state index contributed by atoms with van der Waals surface area (Å²) in [5, 5.41) is 17.5. The van der Waals surface area contributed by atoms with Crippen LogP contribution in [0.3, 0.4) is 0 Å². The van der Waals surface area contributed by atoms with Crippen molar-refractivity contribution in [2.24, 2.45) is 0 Å². The lowest BCUT2D eigenvalue weighted by atomic mass is 10.1. The van der Waals surface area contributed by atoms with Gasteiger partial charge in [-0.25, -0.2) is 0 Å². The molecule has 2 rings (SSSR count). The quantitative estimate of drug-likeness (QED) is 0.660. The number of carboxylic acids is 1. The van der Waals surface area contributed by atoms with Crippen LogP contribution in [0, 0.1) is 0 Å². The molecule has 1 aromatic rings. The van der Waals surface area contributed by atoms with E-state index in [0.29, 0.717) is 17.7 Å². The molecule has 0 spiro atoms. The third-order valence-electron chi connectivity index (χ3n) is 1.87. The summed E-state index contributed by atoms with van der Waals surface area (Å²) >= 11 is 0. The van der Waals surface area contributed by atoms with Gasteiger partial charge in [0, 0.05) is 13.5 Å². The summed E-state index contributed by atoms with van der Waals surface area (Å²) in [7, 11) is 0. The molecule has 1 heterocycles. The van der Waals surface area contributed by atoms with Gasteiger partial charge in [-0.1, -0.05) is 19.1 Å². The van der Waals surface area contributed by atoms with Crippen molar-refractivity contribution in [1.29, 1.82) is 0 Å². The Balaban J connectivity index is 0.000000342. The second-order valence-electron chi connectivity index (χ2n) is 3.57. The minimum atomic E-state index is -0.833. The fourth-order valence-corrected chi connectivity index (χ4v) is 1.12. The van der Waals surface area contributed by atoms with Gasteiger partial charge in [-0.3, -0.25) is 19.7 Å². The van der Waals surface area contributed by atoms with E-state index < -0.39 is 5.97 Å². The van der Waals surface area contributed by atoms with E-state index in [2.05, 4.69) is 5.32 Å². The molecule has 0 atom stereocenters. The maximum absolute atomic E-state index is 10.9. The van der Waals surface area contributed by atoms with Gasteiger partial charge >= 0.3 is 0 Å². The number of hydrogen-bond donors (Lipinski definition) is 3. The van der Waals surface area contributed by atoms with Gasteiger partial charge in [0.1, 0.15) is 0 Å². The number of rotatable bonds is 1. The Hall–Kier alpha value is -2.21. The van der Waals surface area contributed by atoms with E-state index in [4.69, 9.17) is 15.0 Å². The van der Waals surface area contributed by atoms with Gasteiger partial charge in [-0.05, 0) is 18.6 Å². The van der Waals surface area contributed by atoms with Crippen LogP contribution in [0.5, 0.6) is 0 Å². The largest absolute Gasteiger partial charge is 0.481 e. The van der Waals surface area contributed by atoms with Gasteiger partial charge < -0.3 is 10.2 Å². The molecule has 104 valence electrons. The number of carboxylic acid groups (broad SMARTS) is 1.